The van der Waals surface area contributed by atoms with Crippen molar-refractivity contribution in [3.05, 3.63) is 24.3 Å². The minimum atomic E-state index is 0.147. The van der Waals surface area contributed by atoms with Crippen LogP contribution in [-0.2, 0) is 0 Å². The Kier molecular flexibility index (Phi) is 7.22. The topological polar surface area (TPSA) is 50.7 Å². The summed E-state index contributed by atoms with van der Waals surface area (Å²) in [6.07, 6.45) is 1.65. The lowest BCUT2D eigenvalue weighted by molar-refractivity contribution is 0.210. The summed E-state index contributed by atoms with van der Waals surface area (Å²) in [7, 11) is 1.86. The van der Waals surface area contributed by atoms with Gasteiger partial charge in [-0.05, 0) is 32.0 Å². The molecule has 0 spiro atoms. The molecule has 0 aliphatic rings. The van der Waals surface area contributed by atoms with Gasteiger partial charge in [-0.25, -0.2) is 0 Å². The predicted molar refractivity (Wildman–Crippen MR) is 72.3 cm³/mol. The summed E-state index contributed by atoms with van der Waals surface area (Å²) >= 11 is 0. The highest BCUT2D eigenvalue weighted by Crippen LogP contribution is 2.26. The Morgan fingerprint density at radius 3 is 2.44 bits per heavy atom. The smallest absolute Gasteiger partial charge is 0.161 e. The molecular formula is C14H23NO3. The normalized spacial score (nSPS) is 12.2. The van der Waals surface area contributed by atoms with Gasteiger partial charge in [0, 0.05) is 12.6 Å². The molecule has 0 saturated carbocycles. The lowest BCUT2D eigenvalue weighted by Crippen LogP contribution is -2.32. The van der Waals surface area contributed by atoms with Crippen LogP contribution in [0.3, 0.4) is 0 Å². The van der Waals surface area contributed by atoms with Gasteiger partial charge >= 0.3 is 0 Å². The minimum absolute atomic E-state index is 0.147. The third-order valence-electron chi connectivity index (χ3n) is 2.64. The SMILES string of the molecule is CCCOc1ccccc1OCC(CCO)NC. The zero-order valence-electron chi connectivity index (χ0n) is 11.2. The van der Waals surface area contributed by atoms with Gasteiger partial charge in [0.1, 0.15) is 6.61 Å². The van der Waals surface area contributed by atoms with Crippen LogP contribution in [0.1, 0.15) is 19.8 Å². The maximum atomic E-state index is 8.92. The number of benzene rings is 1. The van der Waals surface area contributed by atoms with Crippen molar-refractivity contribution in [1.82, 2.24) is 5.32 Å². The molecule has 0 fully saturated rings. The molecular weight excluding hydrogens is 230 g/mol. The Morgan fingerprint density at radius 1 is 1.22 bits per heavy atom. The van der Waals surface area contributed by atoms with Crippen LogP contribution >= 0.6 is 0 Å². The number of ether oxygens (including phenoxy) is 2. The monoisotopic (exact) mass is 253 g/mol. The first-order valence-electron chi connectivity index (χ1n) is 6.44. The summed E-state index contributed by atoms with van der Waals surface area (Å²) in [4.78, 5) is 0. The number of hydrogen-bond donors (Lipinski definition) is 2. The Labute approximate surface area is 109 Å². The van der Waals surface area contributed by atoms with Crippen molar-refractivity contribution in [3.63, 3.8) is 0 Å². The molecule has 1 aromatic rings. The van der Waals surface area contributed by atoms with Crippen LogP contribution in [0.25, 0.3) is 0 Å². The van der Waals surface area contributed by atoms with Gasteiger partial charge in [-0.1, -0.05) is 19.1 Å². The van der Waals surface area contributed by atoms with Crippen LogP contribution < -0.4 is 14.8 Å². The number of nitrogens with one attached hydrogen (secondary N) is 1. The Morgan fingerprint density at radius 2 is 1.89 bits per heavy atom. The summed E-state index contributed by atoms with van der Waals surface area (Å²) in [5, 5.41) is 12.0. The maximum absolute atomic E-state index is 8.92. The quantitative estimate of drug-likeness (QED) is 0.705. The highest BCUT2D eigenvalue weighted by Gasteiger charge is 2.09. The molecule has 1 atom stereocenters. The largest absolute Gasteiger partial charge is 0.490 e. The number of hydrogen-bond acceptors (Lipinski definition) is 4. The fourth-order valence-corrected chi connectivity index (χ4v) is 1.56. The van der Waals surface area contributed by atoms with Gasteiger partial charge < -0.3 is 19.9 Å². The van der Waals surface area contributed by atoms with Gasteiger partial charge in [-0.3, -0.25) is 0 Å². The van der Waals surface area contributed by atoms with Gasteiger partial charge in [0.15, 0.2) is 11.5 Å². The molecule has 1 aromatic carbocycles. The van der Waals surface area contributed by atoms with E-state index in [1.165, 1.54) is 0 Å². The highest BCUT2D eigenvalue weighted by molar-refractivity contribution is 5.39. The molecule has 0 aliphatic carbocycles. The second-order valence-electron chi connectivity index (χ2n) is 4.10. The average Bonchev–Trinajstić information content (AvgIpc) is 2.42. The Hall–Kier alpha value is -1.26. The van der Waals surface area contributed by atoms with Crippen LogP contribution in [0, 0.1) is 0 Å². The molecule has 102 valence electrons. The zero-order valence-corrected chi connectivity index (χ0v) is 11.2. The molecule has 0 radical (unpaired) electrons. The number of aliphatic hydroxyl groups excluding tert-OH is 1. The van der Waals surface area contributed by atoms with Crippen molar-refractivity contribution in [2.24, 2.45) is 0 Å². The molecule has 0 amide bonds. The van der Waals surface area contributed by atoms with E-state index in [0.717, 1.165) is 17.9 Å². The van der Waals surface area contributed by atoms with E-state index < -0.39 is 0 Å². The molecule has 1 unspecified atom stereocenters. The number of aliphatic hydroxyl groups is 1. The second-order valence-corrected chi connectivity index (χ2v) is 4.10. The van der Waals surface area contributed by atoms with E-state index in [9.17, 15) is 0 Å². The molecule has 1 rings (SSSR count). The third kappa shape index (κ3) is 4.94. The lowest BCUT2D eigenvalue weighted by atomic mass is 10.2. The van der Waals surface area contributed by atoms with E-state index in [4.69, 9.17) is 14.6 Å². The second kappa shape index (κ2) is 8.78. The summed E-state index contributed by atoms with van der Waals surface area (Å²) in [6.45, 7) is 3.43. The van der Waals surface area contributed by atoms with E-state index in [-0.39, 0.29) is 12.6 Å². The van der Waals surface area contributed by atoms with Crippen molar-refractivity contribution in [2.75, 3.05) is 26.9 Å². The van der Waals surface area contributed by atoms with Crippen molar-refractivity contribution in [1.29, 1.82) is 0 Å². The summed E-state index contributed by atoms with van der Waals surface area (Å²) in [5.74, 6) is 1.53. The molecule has 0 aromatic heterocycles. The fourth-order valence-electron chi connectivity index (χ4n) is 1.56. The van der Waals surface area contributed by atoms with Crippen molar-refractivity contribution >= 4 is 0 Å². The van der Waals surface area contributed by atoms with Gasteiger partial charge in [-0.2, -0.15) is 0 Å². The standard InChI is InChI=1S/C14H23NO3/c1-3-10-17-13-6-4-5-7-14(13)18-11-12(15-2)8-9-16/h4-7,12,15-16H,3,8-11H2,1-2H3. The Bertz CT molecular complexity index is 331. The van der Waals surface area contributed by atoms with Gasteiger partial charge in [-0.15, -0.1) is 0 Å². The zero-order chi connectivity index (χ0) is 13.2. The minimum Gasteiger partial charge on any atom is -0.490 e. The average molecular weight is 253 g/mol. The van der Waals surface area contributed by atoms with Crippen LogP contribution in [0.15, 0.2) is 24.3 Å². The molecule has 4 nitrogen and oxygen atoms in total. The van der Waals surface area contributed by atoms with Gasteiger partial charge in [0.05, 0.1) is 6.61 Å². The number of likely N-dealkylation sites (N-methyl/N-ethyl adjacent to an activating group) is 1. The third-order valence-corrected chi connectivity index (χ3v) is 2.64. The van der Waals surface area contributed by atoms with Crippen molar-refractivity contribution in [3.8, 4) is 11.5 Å². The van der Waals surface area contributed by atoms with Gasteiger partial charge in [0.2, 0.25) is 0 Å². The lowest BCUT2D eigenvalue weighted by Gasteiger charge is -2.17. The van der Waals surface area contributed by atoms with E-state index in [2.05, 4.69) is 12.2 Å². The molecule has 0 bridgehead atoms. The number of para-hydroxylation sites is 2. The van der Waals surface area contributed by atoms with E-state index in [1.54, 1.807) is 0 Å². The number of rotatable bonds is 9. The van der Waals surface area contributed by atoms with Crippen molar-refractivity contribution in [2.45, 2.75) is 25.8 Å². The van der Waals surface area contributed by atoms with E-state index in [0.29, 0.717) is 19.6 Å². The van der Waals surface area contributed by atoms with Gasteiger partial charge in [0.25, 0.3) is 0 Å². The summed E-state index contributed by atoms with van der Waals surface area (Å²) in [6, 6.07) is 7.81. The van der Waals surface area contributed by atoms with Crippen molar-refractivity contribution < 1.29 is 14.6 Å². The molecule has 0 aliphatic heterocycles. The fraction of sp³-hybridized carbons (Fsp3) is 0.571. The van der Waals surface area contributed by atoms with Crippen LogP contribution in [0.5, 0.6) is 11.5 Å². The van der Waals surface area contributed by atoms with Crippen LogP contribution in [-0.4, -0.2) is 38.0 Å². The Balaban J connectivity index is 2.54. The highest BCUT2D eigenvalue weighted by atomic mass is 16.5. The van der Waals surface area contributed by atoms with E-state index in [1.807, 2.05) is 31.3 Å². The predicted octanol–water partition coefficient (Wildman–Crippen LogP) is 1.82. The van der Waals surface area contributed by atoms with Crippen LogP contribution in [0.4, 0.5) is 0 Å². The molecule has 18 heavy (non-hydrogen) atoms. The van der Waals surface area contributed by atoms with E-state index >= 15 is 0 Å². The first kappa shape index (κ1) is 14.8. The first-order chi connectivity index (χ1) is 8.81. The molecule has 0 saturated heterocycles. The maximum Gasteiger partial charge on any atom is 0.161 e. The summed E-state index contributed by atoms with van der Waals surface area (Å²) in [5.41, 5.74) is 0. The summed E-state index contributed by atoms with van der Waals surface area (Å²) < 4.78 is 11.4. The van der Waals surface area contributed by atoms with Crippen LogP contribution in [0.2, 0.25) is 0 Å². The molecule has 0 heterocycles. The molecule has 4 heteroatoms. The first-order valence-corrected chi connectivity index (χ1v) is 6.44. The molecule has 2 N–H and O–H groups in total.